The summed E-state index contributed by atoms with van der Waals surface area (Å²) in [5.41, 5.74) is 3.18. The maximum absolute atomic E-state index is 13.1. The third-order valence-corrected chi connectivity index (χ3v) is 5.90. The second kappa shape index (κ2) is 11.5. The summed E-state index contributed by atoms with van der Waals surface area (Å²) in [5, 5.41) is 10.6. The number of benzene rings is 2. The van der Waals surface area contributed by atoms with Crippen LogP contribution >= 0.6 is 15.9 Å². The highest BCUT2D eigenvalue weighted by atomic mass is 79.9. The Kier molecular flexibility index (Phi) is 8.69. The molecular formula is C26H32BrN5O3. The van der Waals surface area contributed by atoms with E-state index in [-0.39, 0.29) is 30.4 Å². The van der Waals surface area contributed by atoms with E-state index in [0.717, 1.165) is 21.4 Å². The van der Waals surface area contributed by atoms with Crippen LogP contribution in [0.15, 0.2) is 59.1 Å². The predicted octanol–water partition coefficient (Wildman–Crippen LogP) is 5.36. The van der Waals surface area contributed by atoms with E-state index in [2.05, 4.69) is 47.3 Å². The Bertz CT molecular complexity index is 1170. The maximum Gasteiger partial charge on any atom is 0.322 e. The first-order valence-electron chi connectivity index (χ1n) is 11.4. The zero-order valence-electron chi connectivity index (χ0n) is 20.8. The van der Waals surface area contributed by atoms with Crippen LogP contribution in [-0.2, 0) is 14.9 Å². The molecule has 186 valence electrons. The number of para-hydroxylation sites is 1. The van der Waals surface area contributed by atoms with Gasteiger partial charge in [-0.15, -0.1) is 0 Å². The third kappa shape index (κ3) is 7.16. The standard InChI is InChI=1S/C26H32BrN5O3/c1-18-8-6-7-9-21(18)32-23(16-22(30-32)26(2,3)4)29-24(33)17-31(14-15-35-5)25(34)28-20-12-10-19(27)11-13-20/h6-13,16H,14-15,17H2,1-5H3,(H,28,34)(H,29,33). The zero-order chi connectivity index (χ0) is 25.6. The summed E-state index contributed by atoms with van der Waals surface area (Å²) in [6, 6.07) is 16.6. The molecule has 0 fully saturated rings. The molecule has 2 N–H and O–H groups in total. The summed E-state index contributed by atoms with van der Waals surface area (Å²) in [6.07, 6.45) is 0. The topological polar surface area (TPSA) is 88.5 Å². The van der Waals surface area contributed by atoms with Crippen molar-refractivity contribution in [3.63, 3.8) is 0 Å². The smallest absolute Gasteiger partial charge is 0.322 e. The lowest BCUT2D eigenvalue weighted by atomic mass is 9.92. The molecule has 0 aliphatic rings. The van der Waals surface area contributed by atoms with Crippen LogP contribution < -0.4 is 10.6 Å². The van der Waals surface area contributed by atoms with E-state index in [9.17, 15) is 9.59 Å². The number of rotatable bonds is 8. The van der Waals surface area contributed by atoms with E-state index in [4.69, 9.17) is 9.84 Å². The number of carbonyl (C=O) groups excluding carboxylic acids is 2. The van der Waals surface area contributed by atoms with Gasteiger partial charge in [0, 0.05) is 35.3 Å². The minimum absolute atomic E-state index is 0.143. The maximum atomic E-state index is 13.1. The van der Waals surface area contributed by atoms with E-state index < -0.39 is 0 Å². The number of methoxy groups -OCH3 is 1. The molecule has 35 heavy (non-hydrogen) atoms. The minimum Gasteiger partial charge on any atom is -0.383 e. The summed E-state index contributed by atoms with van der Waals surface area (Å²) < 4.78 is 7.80. The van der Waals surface area contributed by atoms with Crippen molar-refractivity contribution in [2.75, 3.05) is 37.4 Å². The van der Waals surface area contributed by atoms with E-state index in [0.29, 0.717) is 18.1 Å². The number of hydrogen-bond acceptors (Lipinski definition) is 4. The number of anilines is 2. The molecule has 9 heteroatoms. The van der Waals surface area contributed by atoms with Gasteiger partial charge in [-0.2, -0.15) is 5.10 Å². The fraction of sp³-hybridized carbons (Fsp3) is 0.346. The first-order valence-corrected chi connectivity index (χ1v) is 12.1. The van der Waals surface area contributed by atoms with E-state index in [1.807, 2.05) is 49.4 Å². The number of carbonyl (C=O) groups is 2. The van der Waals surface area contributed by atoms with Crippen molar-refractivity contribution in [2.45, 2.75) is 33.1 Å². The molecule has 0 unspecified atom stereocenters. The van der Waals surface area contributed by atoms with Gasteiger partial charge in [-0.3, -0.25) is 4.79 Å². The van der Waals surface area contributed by atoms with Gasteiger partial charge >= 0.3 is 6.03 Å². The molecule has 0 spiro atoms. The van der Waals surface area contributed by atoms with Crippen molar-refractivity contribution in [3.05, 3.63) is 70.3 Å². The van der Waals surface area contributed by atoms with Crippen molar-refractivity contribution < 1.29 is 14.3 Å². The van der Waals surface area contributed by atoms with Crippen molar-refractivity contribution in [1.82, 2.24) is 14.7 Å². The second-order valence-corrected chi connectivity index (χ2v) is 10.2. The molecule has 0 aliphatic carbocycles. The van der Waals surface area contributed by atoms with Gasteiger partial charge in [0.25, 0.3) is 0 Å². The van der Waals surface area contributed by atoms with Gasteiger partial charge in [-0.25, -0.2) is 9.48 Å². The van der Waals surface area contributed by atoms with Gasteiger partial charge in [0.15, 0.2) is 0 Å². The molecule has 0 saturated heterocycles. The molecular weight excluding hydrogens is 510 g/mol. The van der Waals surface area contributed by atoms with Crippen molar-refractivity contribution in [1.29, 1.82) is 0 Å². The van der Waals surface area contributed by atoms with E-state index in [1.165, 1.54) is 4.90 Å². The number of nitrogens with one attached hydrogen (secondary N) is 2. The van der Waals surface area contributed by atoms with Gasteiger partial charge in [0.1, 0.15) is 12.4 Å². The highest BCUT2D eigenvalue weighted by Crippen LogP contribution is 2.27. The summed E-state index contributed by atoms with van der Waals surface area (Å²) in [6.45, 7) is 8.63. The molecule has 1 aromatic heterocycles. The second-order valence-electron chi connectivity index (χ2n) is 9.26. The van der Waals surface area contributed by atoms with Crippen LogP contribution in [0.25, 0.3) is 5.69 Å². The molecule has 1 heterocycles. The van der Waals surface area contributed by atoms with Gasteiger partial charge in [-0.1, -0.05) is 54.9 Å². The van der Waals surface area contributed by atoms with Crippen LogP contribution in [0.5, 0.6) is 0 Å². The lowest BCUT2D eigenvalue weighted by Gasteiger charge is -2.22. The molecule has 0 radical (unpaired) electrons. The average Bonchev–Trinajstić information content (AvgIpc) is 3.22. The molecule has 2 aromatic carbocycles. The fourth-order valence-electron chi connectivity index (χ4n) is 3.37. The van der Waals surface area contributed by atoms with Crippen LogP contribution in [0.3, 0.4) is 0 Å². The quantitative estimate of drug-likeness (QED) is 0.401. The average molecular weight is 542 g/mol. The fourth-order valence-corrected chi connectivity index (χ4v) is 3.63. The summed E-state index contributed by atoms with van der Waals surface area (Å²) in [7, 11) is 1.56. The molecule has 0 saturated carbocycles. The normalized spacial score (nSPS) is 11.3. The van der Waals surface area contributed by atoms with Gasteiger partial charge in [0.05, 0.1) is 18.0 Å². The van der Waals surface area contributed by atoms with Gasteiger partial charge < -0.3 is 20.3 Å². The molecule has 0 aliphatic heterocycles. The summed E-state index contributed by atoms with van der Waals surface area (Å²) in [4.78, 5) is 27.4. The molecule has 3 aromatic rings. The van der Waals surface area contributed by atoms with Gasteiger partial charge in [0.2, 0.25) is 5.91 Å². The highest BCUT2D eigenvalue weighted by molar-refractivity contribution is 9.10. The number of hydrogen-bond donors (Lipinski definition) is 2. The van der Waals surface area contributed by atoms with E-state index >= 15 is 0 Å². The molecule has 3 amide bonds. The Morgan fingerprint density at radius 1 is 1.09 bits per heavy atom. The Balaban J connectivity index is 1.81. The van der Waals surface area contributed by atoms with Crippen LogP contribution in [0, 0.1) is 6.92 Å². The number of amides is 3. The first kappa shape index (κ1) is 26.4. The van der Waals surface area contributed by atoms with Crippen LogP contribution in [0.4, 0.5) is 16.3 Å². The Morgan fingerprint density at radius 3 is 2.40 bits per heavy atom. The first-order chi connectivity index (χ1) is 16.6. The third-order valence-electron chi connectivity index (χ3n) is 5.37. The van der Waals surface area contributed by atoms with Crippen LogP contribution in [-0.4, -0.2) is 53.4 Å². The van der Waals surface area contributed by atoms with Crippen LogP contribution in [0.2, 0.25) is 0 Å². The Morgan fingerprint density at radius 2 is 1.77 bits per heavy atom. The number of aryl methyl sites for hydroxylation is 1. The number of ether oxygens (including phenoxy) is 1. The minimum atomic E-state index is -0.387. The number of aromatic nitrogens is 2. The van der Waals surface area contributed by atoms with Gasteiger partial charge in [-0.05, 0) is 42.8 Å². The Labute approximate surface area is 214 Å². The van der Waals surface area contributed by atoms with E-state index in [1.54, 1.807) is 23.9 Å². The molecule has 3 rings (SSSR count). The lowest BCUT2D eigenvalue weighted by molar-refractivity contribution is -0.116. The molecule has 8 nitrogen and oxygen atoms in total. The largest absolute Gasteiger partial charge is 0.383 e. The van der Waals surface area contributed by atoms with Crippen molar-refractivity contribution >= 4 is 39.4 Å². The zero-order valence-corrected chi connectivity index (χ0v) is 22.3. The number of nitrogens with zero attached hydrogens (tertiary/aromatic N) is 3. The Hall–Kier alpha value is -3.17. The lowest BCUT2D eigenvalue weighted by Crippen LogP contribution is -2.42. The molecule has 0 atom stereocenters. The number of halogens is 1. The van der Waals surface area contributed by atoms with Crippen molar-refractivity contribution in [2.24, 2.45) is 0 Å². The predicted molar refractivity (Wildman–Crippen MR) is 142 cm³/mol. The molecule has 0 bridgehead atoms. The van der Waals surface area contributed by atoms with Crippen LogP contribution in [0.1, 0.15) is 32.0 Å². The number of urea groups is 1. The monoisotopic (exact) mass is 541 g/mol. The SMILES string of the molecule is COCCN(CC(=O)Nc1cc(C(C)(C)C)nn1-c1ccccc1C)C(=O)Nc1ccc(Br)cc1. The summed E-state index contributed by atoms with van der Waals surface area (Å²) in [5.74, 6) is 0.219. The summed E-state index contributed by atoms with van der Waals surface area (Å²) >= 11 is 3.38. The highest BCUT2D eigenvalue weighted by Gasteiger charge is 2.23. The van der Waals surface area contributed by atoms with Crippen molar-refractivity contribution in [3.8, 4) is 5.69 Å².